The van der Waals surface area contributed by atoms with Crippen LogP contribution in [0.25, 0.3) is 16.6 Å². The van der Waals surface area contributed by atoms with Gasteiger partial charge < -0.3 is 0 Å². The summed E-state index contributed by atoms with van der Waals surface area (Å²) in [5.74, 6) is 0. The first-order chi connectivity index (χ1) is 8.40. The van der Waals surface area contributed by atoms with Crippen molar-refractivity contribution in [1.29, 1.82) is 5.26 Å². The third-order valence-electron chi connectivity index (χ3n) is 2.63. The van der Waals surface area contributed by atoms with Gasteiger partial charge in [0.25, 0.3) is 0 Å². The van der Waals surface area contributed by atoms with Gasteiger partial charge >= 0.3 is 0 Å². The van der Waals surface area contributed by atoms with Crippen molar-refractivity contribution in [3.63, 3.8) is 0 Å². The van der Waals surface area contributed by atoms with Gasteiger partial charge in [-0.3, -0.25) is 4.98 Å². The summed E-state index contributed by atoms with van der Waals surface area (Å²) in [6, 6.07) is 11.7. The second kappa shape index (κ2) is 3.72. The number of hydrogen-bond acceptors (Lipinski definition) is 3. The molecule has 1 aromatic carbocycles. The SMILES string of the molecule is N#Cc1ccncc1-n1ncc2ccccc21. The zero-order chi connectivity index (χ0) is 11.7. The number of pyridine rings is 1. The second-order valence-corrected chi connectivity index (χ2v) is 3.62. The van der Waals surface area contributed by atoms with Gasteiger partial charge in [-0.15, -0.1) is 0 Å². The van der Waals surface area contributed by atoms with Crippen molar-refractivity contribution in [2.45, 2.75) is 0 Å². The van der Waals surface area contributed by atoms with Gasteiger partial charge in [-0.05, 0) is 12.1 Å². The molecular formula is C13H8N4. The molecule has 4 heteroatoms. The molecule has 2 aromatic heterocycles. The Morgan fingerprint density at radius 2 is 2.00 bits per heavy atom. The first-order valence-electron chi connectivity index (χ1n) is 5.17. The highest BCUT2D eigenvalue weighted by molar-refractivity contribution is 5.80. The minimum Gasteiger partial charge on any atom is -0.262 e. The molecule has 3 rings (SSSR count). The molecule has 3 aromatic rings. The van der Waals surface area contributed by atoms with Crippen molar-refractivity contribution < 1.29 is 0 Å². The number of para-hydroxylation sites is 1. The predicted octanol–water partition coefficient (Wildman–Crippen LogP) is 2.29. The molecule has 0 saturated carbocycles. The van der Waals surface area contributed by atoms with E-state index < -0.39 is 0 Å². The van der Waals surface area contributed by atoms with E-state index in [1.807, 2.05) is 24.3 Å². The molecule has 0 aliphatic rings. The van der Waals surface area contributed by atoms with Crippen molar-refractivity contribution in [3.8, 4) is 11.8 Å². The summed E-state index contributed by atoms with van der Waals surface area (Å²) in [4.78, 5) is 4.04. The molecule has 0 spiro atoms. The minimum atomic E-state index is 0.564. The molecule has 0 atom stereocenters. The fraction of sp³-hybridized carbons (Fsp3) is 0. The maximum Gasteiger partial charge on any atom is 0.102 e. The number of hydrogen-bond donors (Lipinski definition) is 0. The van der Waals surface area contributed by atoms with Crippen LogP contribution in [0.4, 0.5) is 0 Å². The lowest BCUT2D eigenvalue weighted by Gasteiger charge is -2.04. The molecule has 2 heterocycles. The molecule has 0 saturated heterocycles. The topological polar surface area (TPSA) is 54.5 Å². The molecule has 80 valence electrons. The van der Waals surface area contributed by atoms with Crippen LogP contribution < -0.4 is 0 Å². The van der Waals surface area contributed by atoms with Crippen molar-refractivity contribution in [2.75, 3.05) is 0 Å². The van der Waals surface area contributed by atoms with Gasteiger partial charge in [0.15, 0.2) is 0 Å². The number of aromatic nitrogens is 3. The summed E-state index contributed by atoms with van der Waals surface area (Å²) in [5, 5.41) is 14.4. The van der Waals surface area contributed by atoms with Gasteiger partial charge in [0.1, 0.15) is 11.8 Å². The van der Waals surface area contributed by atoms with Crippen LogP contribution in [-0.2, 0) is 0 Å². The lowest BCUT2D eigenvalue weighted by atomic mass is 10.2. The molecule has 4 nitrogen and oxygen atoms in total. The van der Waals surface area contributed by atoms with Gasteiger partial charge in [-0.1, -0.05) is 18.2 Å². The first kappa shape index (κ1) is 9.55. The monoisotopic (exact) mass is 220 g/mol. The van der Waals surface area contributed by atoms with Gasteiger partial charge in [-0.2, -0.15) is 10.4 Å². The maximum absolute atomic E-state index is 9.07. The average molecular weight is 220 g/mol. The van der Waals surface area contributed by atoms with Crippen LogP contribution in [0.2, 0.25) is 0 Å². The van der Waals surface area contributed by atoms with Gasteiger partial charge in [0.2, 0.25) is 0 Å². The summed E-state index contributed by atoms with van der Waals surface area (Å²) >= 11 is 0. The molecule has 0 N–H and O–H groups in total. The molecule has 0 unspecified atom stereocenters. The lowest BCUT2D eigenvalue weighted by molar-refractivity contribution is 0.899. The van der Waals surface area contributed by atoms with E-state index in [-0.39, 0.29) is 0 Å². The smallest absolute Gasteiger partial charge is 0.102 e. The summed E-state index contributed by atoms with van der Waals surface area (Å²) in [6.45, 7) is 0. The quantitative estimate of drug-likeness (QED) is 0.632. The Morgan fingerprint density at radius 1 is 1.12 bits per heavy atom. The Balaban J connectivity index is 2.32. The van der Waals surface area contributed by atoms with Crippen molar-refractivity contribution in [3.05, 3.63) is 54.5 Å². The van der Waals surface area contributed by atoms with Crippen molar-refractivity contribution in [1.82, 2.24) is 14.8 Å². The van der Waals surface area contributed by atoms with Crippen LogP contribution in [0.1, 0.15) is 5.56 Å². The number of rotatable bonds is 1. The third kappa shape index (κ3) is 1.45. The van der Waals surface area contributed by atoms with E-state index in [4.69, 9.17) is 5.26 Å². The van der Waals surface area contributed by atoms with Crippen LogP contribution in [-0.4, -0.2) is 14.8 Å². The Morgan fingerprint density at radius 3 is 2.88 bits per heavy atom. The molecule has 0 bridgehead atoms. The van der Waals surface area contributed by atoms with Crippen LogP contribution in [0.15, 0.2) is 48.9 Å². The summed E-state index contributed by atoms with van der Waals surface area (Å²) in [5.41, 5.74) is 2.24. The number of nitriles is 1. The van der Waals surface area contributed by atoms with E-state index in [0.717, 1.165) is 10.9 Å². The Bertz CT molecular complexity index is 721. The lowest BCUT2D eigenvalue weighted by Crippen LogP contribution is -1.99. The first-order valence-corrected chi connectivity index (χ1v) is 5.17. The van der Waals surface area contributed by atoms with Crippen LogP contribution in [0.3, 0.4) is 0 Å². The second-order valence-electron chi connectivity index (χ2n) is 3.62. The third-order valence-corrected chi connectivity index (χ3v) is 2.63. The predicted molar refractivity (Wildman–Crippen MR) is 63.6 cm³/mol. The van der Waals surface area contributed by atoms with Crippen LogP contribution in [0, 0.1) is 11.3 Å². The zero-order valence-electron chi connectivity index (χ0n) is 8.91. The molecular weight excluding hydrogens is 212 g/mol. The van der Waals surface area contributed by atoms with E-state index in [9.17, 15) is 0 Å². The Hall–Kier alpha value is -2.67. The molecule has 17 heavy (non-hydrogen) atoms. The molecule has 0 fully saturated rings. The average Bonchev–Trinajstić information content (AvgIpc) is 2.82. The number of nitrogens with zero attached hydrogens (tertiary/aromatic N) is 4. The Labute approximate surface area is 97.8 Å². The normalized spacial score (nSPS) is 10.3. The van der Waals surface area contributed by atoms with E-state index in [1.54, 1.807) is 29.3 Å². The summed E-state index contributed by atoms with van der Waals surface area (Å²) in [6.07, 6.45) is 5.04. The van der Waals surface area contributed by atoms with Crippen molar-refractivity contribution in [2.24, 2.45) is 0 Å². The molecule has 0 aliphatic heterocycles. The number of benzene rings is 1. The highest BCUT2D eigenvalue weighted by Gasteiger charge is 2.08. The minimum absolute atomic E-state index is 0.564. The largest absolute Gasteiger partial charge is 0.262 e. The fourth-order valence-corrected chi connectivity index (χ4v) is 1.81. The van der Waals surface area contributed by atoms with E-state index >= 15 is 0 Å². The van der Waals surface area contributed by atoms with Crippen LogP contribution in [0.5, 0.6) is 0 Å². The summed E-state index contributed by atoms with van der Waals surface area (Å²) < 4.78 is 1.74. The van der Waals surface area contributed by atoms with E-state index in [1.165, 1.54) is 0 Å². The molecule has 0 radical (unpaired) electrons. The molecule has 0 amide bonds. The Kier molecular flexibility index (Phi) is 2.09. The van der Waals surface area contributed by atoms with Crippen molar-refractivity contribution >= 4 is 10.9 Å². The molecule has 0 aliphatic carbocycles. The van der Waals surface area contributed by atoms with Gasteiger partial charge in [0.05, 0.1) is 23.5 Å². The number of fused-ring (bicyclic) bond motifs is 1. The fourth-order valence-electron chi connectivity index (χ4n) is 1.81. The van der Waals surface area contributed by atoms with E-state index in [2.05, 4.69) is 16.2 Å². The highest BCUT2D eigenvalue weighted by Crippen LogP contribution is 2.19. The zero-order valence-corrected chi connectivity index (χ0v) is 8.91. The maximum atomic E-state index is 9.07. The standard InChI is InChI=1S/C13H8N4/c14-7-10-5-6-15-9-13(10)17-12-4-2-1-3-11(12)8-16-17/h1-6,8-9H. The van der Waals surface area contributed by atoms with E-state index in [0.29, 0.717) is 11.3 Å². The van der Waals surface area contributed by atoms with Crippen LogP contribution >= 0.6 is 0 Å². The summed E-state index contributed by atoms with van der Waals surface area (Å²) in [7, 11) is 0. The van der Waals surface area contributed by atoms with Gasteiger partial charge in [0, 0.05) is 11.6 Å². The van der Waals surface area contributed by atoms with Gasteiger partial charge in [-0.25, -0.2) is 4.68 Å². The highest BCUT2D eigenvalue weighted by atomic mass is 15.3.